The van der Waals surface area contributed by atoms with Crippen molar-refractivity contribution in [1.29, 1.82) is 0 Å². The summed E-state index contributed by atoms with van der Waals surface area (Å²) in [4.78, 5) is 0. The van der Waals surface area contributed by atoms with Gasteiger partial charge in [-0.2, -0.15) is 0 Å². The summed E-state index contributed by atoms with van der Waals surface area (Å²) in [6, 6.07) is 0. The lowest BCUT2D eigenvalue weighted by Crippen LogP contribution is -2.46. The molecule has 0 aromatic rings. The van der Waals surface area contributed by atoms with Crippen LogP contribution in [-0.2, 0) is 9.47 Å². The summed E-state index contributed by atoms with van der Waals surface area (Å²) < 4.78 is 11.5. The molecule has 0 amide bonds. The third-order valence-corrected chi connectivity index (χ3v) is 6.54. The van der Waals surface area contributed by atoms with E-state index in [1.54, 1.807) is 20.8 Å². The quantitative estimate of drug-likeness (QED) is 0.431. The van der Waals surface area contributed by atoms with Gasteiger partial charge in [0.2, 0.25) is 5.79 Å². The summed E-state index contributed by atoms with van der Waals surface area (Å²) in [6.45, 7) is 7.89. The lowest BCUT2D eigenvalue weighted by molar-refractivity contribution is -0.196. The van der Waals surface area contributed by atoms with Gasteiger partial charge < -0.3 is 24.8 Å². The molecule has 2 aliphatic rings. The molecule has 2 fully saturated rings. The second kappa shape index (κ2) is 8.87. The minimum absolute atomic E-state index is 0.516. The molecule has 0 spiro atoms. The Balaban J connectivity index is 1.63. The molecular weight excluding hydrogens is 332 g/mol. The van der Waals surface area contributed by atoms with Crippen LogP contribution in [0.15, 0.2) is 0 Å². The van der Waals surface area contributed by atoms with Gasteiger partial charge in [-0.3, -0.25) is 0 Å². The number of hydrogen-bond donors (Lipinski definition) is 3. The molecule has 2 rings (SSSR count). The Morgan fingerprint density at radius 2 is 1.42 bits per heavy atom. The van der Waals surface area contributed by atoms with E-state index in [4.69, 9.17) is 9.47 Å². The minimum atomic E-state index is -1.62. The van der Waals surface area contributed by atoms with E-state index in [0.717, 1.165) is 12.8 Å². The number of unbranched alkanes of at least 4 members (excludes halogenated alkanes) is 9. The number of rotatable bonds is 13. The second-order valence-corrected chi connectivity index (χ2v) is 8.83. The van der Waals surface area contributed by atoms with E-state index in [-0.39, 0.29) is 0 Å². The van der Waals surface area contributed by atoms with Crippen LogP contribution in [-0.4, -0.2) is 51.6 Å². The van der Waals surface area contributed by atoms with Crippen molar-refractivity contribution in [2.45, 2.75) is 122 Å². The maximum atomic E-state index is 10.9. The fraction of sp³-hybridized carbons (Fsp3) is 1.00. The van der Waals surface area contributed by atoms with Crippen molar-refractivity contribution >= 4 is 0 Å². The first-order valence-electron chi connectivity index (χ1n) is 10.7. The highest BCUT2D eigenvalue weighted by Crippen LogP contribution is 2.72. The van der Waals surface area contributed by atoms with E-state index in [0.29, 0.717) is 6.61 Å². The predicted molar refractivity (Wildman–Crippen MR) is 102 cm³/mol. The van der Waals surface area contributed by atoms with E-state index in [2.05, 4.69) is 6.92 Å². The van der Waals surface area contributed by atoms with Gasteiger partial charge in [0.15, 0.2) is 5.60 Å². The molecule has 0 unspecified atom stereocenters. The lowest BCUT2D eigenvalue weighted by Gasteiger charge is -2.30. The van der Waals surface area contributed by atoms with Crippen molar-refractivity contribution in [3.05, 3.63) is 0 Å². The van der Waals surface area contributed by atoms with Gasteiger partial charge in [0, 0.05) is 6.61 Å². The summed E-state index contributed by atoms with van der Waals surface area (Å²) >= 11 is 0. The monoisotopic (exact) mass is 372 g/mol. The van der Waals surface area contributed by atoms with E-state index in [1.807, 2.05) is 0 Å². The first-order valence-corrected chi connectivity index (χ1v) is 10.7. The SMILES string of the molecule is CCCCCCCCCCCCO[C@H]1[C@@H]([C@@H](C)O)O[C@@]2(O)C(C)(C)[C@@]12O. The maximum Gasteiger partial charge on any atom is 0.207 e. The van der Waals surface area contributed by atoms with Crippen LogP contribution in [0.2, 0.25) is 0 Å². The molecular formula is C21H40O5. The first kappa shape index (κ1) is 22.1. The molecule has 0 aromatic carbocycles. The molecule has 0 aromatic heterocycles. The van der Waals surface area contributed by atoms with Crippen LogP contribution in [0.1, 0.15) is 91.9 Å². The molecule has 1 aliphatic heterocycles. The summed E-state index contributed by atoms with van der Waals surface area (Å²) in [6.07, 6.45) is 10.3. The molecule has 3 N–H and O–H groups in total. The molecule has 5 nitrogen and oxygen atoms in total. The molecule has 1 aliphatic carbocycles. The van der Waals surface area contributed by atoms with E-state index < -0.39 is 35.1 Å². The minimum Gasteiger partial charge on any atom is -0.391 e. The second-order valence-electron chi connectivity index (χ2n) is 8.83. The van der Waals surface area contributed by atoms with Crippen LogP contribution >= 0.6 is 0 Å². The van der Waals surface area contributed by atoms with Crippen molar-refractivity contribution in [1.82, 2.24) is 0 Å². The fourth-order valence-corrected chi connectivity index (χ4v) is 4.47. The van der Waals surface area contributed by atoms with Crippen molar-refractivity contribution in [2.24, 2.45) is 5.41 Å². The Labute approximate surface area is 159 Å². The topological polar surface area (TPSA) is 79.2 Å². The summed E-state index contributed by atoms with van der Waals surface area (Å²) in [7, 11) is 0. The molecule has 1 saturated heterocycles. The zero-order valence-corrected chi connectivity index (χ0v) is 17.2. The van der Waals surface area contributed by atoms with Crippen molar-refractivity contribution < 1.29 is 24.8 Å². The standard InChI is InChI=1S/C21H40O5/c1-5-6-7-8-9-10-11-12-13-14-15-25-18-17(16(2)22)26-21(24)19(3,4)20(18,21)23/h16-18,22-24H,5-15H2,1-4H3/t16-,17-,18+,20+,21+/m1/s1. The van der Waals surface area contributed by atoms with Crippen molar-refractivity contribution in [3.8, 4) is 0 Å². The molecule has 1 saturated carbocycles. The van der Waals surface area contributed by atoms with Gasteiger partial charge in [0.25, 0.3) is 0 Å². The van der Waals surface area contributed by atoms with Crippen molar-refractivity contribution in [2.75, 3.05) is 6.61 Å². The largest absolute Gasteiger partial charge is 0.391 e. The van der Waals surface area contributed by atoms with E-state index in [1.165, 1.54) is 51.4 Å². The number of hydrogen-bond acceptors (Lipinski definition) is 5. The van der Waals surface area contributed by atoms with Crippen LogP contribution in [0.3, 0.4) is 0 Å². The Hall–Kier alpha value is -0.200. The molecule has 0 radical (unpaired) electrons. The van der Waals surface area contributed by atoms with Crippen LogP contribution in [0.25, 0.3) is 0 Å². The number of aliphatic hydroxyl groups is 3. The van der Waals surface area contributed by atoms with E-state index >= 15 is 0 Å². The Morgan fingerprint density at radius 3 is 1.92 bits per heavy atom. The highest BCUT2D eigenvalue weighted by molar-refractivity contribution is 5.35. The first-order chi connectivity index (χ1) is 12.2. The Morgan fingerprint density at radius 1 is 0.923 bits per heavy atom. The average molecular weight is 373 g/mol. The fourth-order valence-electron chi connectivity index (χ4n) is 4.47. The van der Waals surface area contributed by atoms with Crippen LogP contribution in [0, 0.1) is 5.41 Å². The van der Waals surface area contributed by atoms with Crippen molar-refractivity contribution in [3.63, 3.8) is 0 Å². The third kappa shape index (κ3) is 3.83. The van der Waals surface area contributed by atoms with Gasteiger partial charge in [0.1, 0.15) is 12.2 Å². The molecule has 5 atom stereocenters. The Bertz CT molecular complexity index is 438. The van der Waals surface area contributed by atoms with Gasteiger partial charge >= 0.3 is 0 Å². The molecule has 26 heavy (non-hydrogen) atoms. The predicted octanol–water partition coefficient (Wildman–Crippen LogP) is 3.53. The van der Waals surface area contributed by atoms with Crippen LogP contribution in [0.5, 0.6) is 0 Å². The highest BCUT2D eigenvalue weighted by Gasteiger charge is 2.92. The Kier molecular flexibility index (Phi) is 7.54. The van der Waals surface area contributed by atoms with Gasteiger partial charge in [-0.1, -0.05) is 78.6 Å². The number of ether oxygens (including phenoxy) is 2. The zero-order chi connectivity index (χ0) is 19.4. The van der Waals surface area contributed by atoms with Gasteiger partial charge in [-0.15, -0.1) is 0 Å². The maximum absolute atomic E-state index is 10.9. The average Bonchev–Trinajstić information content (AvgIpc) is 2.81. The molecule has 1 heterocycles. The number of fused-ring (bicyclic) bond motifs is 1. The highest BCUT2D eigenvalue weighted by atomic mass is 16.7. The molecule has 154 valence electrons. The third-order valence-electron chi connectivity index (χ3n) is 6.54. The summed E-state index contributed by atoms with van der Waals surface area (Å²) in [5, 5.41) is 31.4. The summed E-state index contributed by atoms with van der Waals surface area (Å²) in [5.74, 6) is -1.62. The molecule has 0 bridgehead atoms. The molecule has 5 heteroatoms. The van der Waals surface area contributed by atoms with Crippen LogP contribution < -0.4 is 0 Å². The van der Waals surface area contributed by atoms with Gasteiger partial charge in [0.05, 0.1) is 11.5 Å². The zero-order valence-electron chi connectivity index (χ0n) is 17.2. The normalized spacial score (nSPS) is 36.1. The number of aliphatic hydroxyl groups excluding tert-OH is 1. The summed E-state index contributed by atoms with van der Waals surface area (Å²) in [5.41, 5.74) is -2.23. The lowest BCUT2D eigenvalue weighted by atomic mass is 9.95. The van der Waals surface area contributed by atoms with Crippen LogP contribution in [0.4, 0.5) is 0 Å². The van der Waals surface area contributed by atoms with Gasteiger partial charge in [-0.05, 0) is 13.3 Å². The van der Waals surface area contributed by atoms with Gasteiger partial charge in [-0.25, -0.2) is 0 Å². The van der Waals surface area contributed by atoms with E-state index in [9.17, 15) is 15.3 Å². The smallest absolute Gasteiger partial charge is 0.207 e.